The van der Waals surface area contributed by atoms with E-state index in [0.29, 0.717) is 6.61 Å². The average Bonchev–Trinajstić information content (AvgIpc) is 2.65. The van der Waals surface area contributed by atoms with Gasteiger partial charge in [0, 0.05) is 5.56 Å². The van der Waals surface area contributed by atoms with Crippen LogP contribution in [-0.4, -0.2) is 5.11 Å². The first-order valence-electron chi connectivity index (χ1n) is 8.25. The highest BCUT2D eigenvalue weighted by Crippen LogP contribution is 2.47. The summed E-state index contributed by atoms with van der Waals surface area (Å²) in [6, 6.07) is 2.18. The lowest BCUT2D eigenvalue weighted by atomic mass is 9.66. The predicted octanol–water partition coefficient (Wildman–Crippen LogP) is 5.10. The topological polar surface area (TPSA) is 29.5 Å². The summed E-state index contributed by atoms with van der Waals surface area (Å²) in [5.74, 6) is 0. The molecule has 22 heavy (non-hydrogen) atoms. The van der Waals surface area contributed by atoms with Crippen LogP contribution in [0.3, 0.4) is 0 Å². The Balaban J connectivity index is 2.96. The molecular weight excluding hydrogens is 272 g/mol. The molecule has 0 fully saturated rings. The zero-order valence-electron chi connectivity index (χ0n) is 15.7. The highest BCUT2D eigenvalue weighted by atomic mass is 16.6. The summed E-state index contributed by atoms with van der Waals surface area (Å²) in [6.45, 7) is 20.9. The summed E-state index contributed by atoms with van der Waals surface area (Å²) in [6.07, 6.45) is -0.786. The standard InChI is InChI=1S/C20H32O2/c1-18(2,3)14-10-12-13(11-22-17(12)21)15(19(4,5)6)16(14)20(7,8)9/h10,17,21H,11H2,1-9H3. The Labute approximate surface area is 135 Å². The van der Waals surface area contributed by atoms with E-state index < -0.39 is 6.29 Å². The number of hydrogen-bond donors (Lipinski definition) is 1. The van der Waals surface area contributed by atoms with E-state index in [1.807, 2.05) is 0 Å². The van der Waals surface area contributed by atoms with E-state index in [1.54, 1.807) is 0 Å². The van der Waals surface area contributed by atoms with E-state index in [1.165, 1.54) is 22.3 Å². The zero-order chi connectivity index (χ0) is 17.1. The maximum absolute atomic E-state index is 10.2. The number of rotatable bonds is 0. The van der Waals surface area contributed by atoms with Gasteiger partial charge in [0.1, 0.15) is 0 Å². The Kier molecular flexibility index (Phi) is 4.03. The van der Waals surface area contributed by atoms with Gasteiger partial charge in [-0.05, 0) is 44.6 Å². The van der Waals surface area contributed by atoms with Crippen molar-refractivity contribution < 1.29 is 9.84 Å². The smallest absolute Gasteiger partial charge is 0.181 e. The van der Waals surface area contributed by atoms with Crippen molar-refractivity contribution in [1.29, 1.82) is 0 Å². The minimum atomic E-state index is -0.786. The molecule has 0 amide bonds. The molecule has 2 nitrogen and oxygen atoms in total. The molecule has 0 saturated carbocycles. The number of aliphatic hydroxyl groups excluding tert-OH is 1. The molecule has 0 aromatic heterocycles. The number of hydrogen-bond acceptors (Lipinski definition) is 2. The normalized spacial score (nSPS) is 19.5. The van der Waals surface area contributed by atoms with Crippen LogP contribution in [0.25, 0.3) is 0 Å². The van der Waals surface area contributed by atoms with Gasteiger partial charge in [-0.25, -0.2) is 0 Å². The second-order valence-electron chi connectivity index (χ2n) is 9.66. The van der Waals surface area contributed by atoms with Gasteiger partial charge in [0.25, 0.3) is 0 Å². The van der Waals surface area contributed by atoms with Crippen molar-refractivity contribution in [1.82, 2.24) is 0 Å². The fourth-order valence-corrected chi connectivity index (χ4v) is 3.57. The molecule has 0 bridgehead atoms. The Hall–Kier alpha value is -0.860. The van der Waals surface area contributed by atoms with Crippen LogP contribution in [-0.2, 0) is 27.6 Å². The molecule has 124 valence electrons. The summed E-state index contributed by atoms with van der Waals surface area (Å²) < 4.78 is 5.55. The van der Waals surface area contributed by atoms with E-state index in [0.717, 1.165) is 5.56 Å². The van der Waals surface area contributed by atoms with E-state index in [4.69, 9.17) is 4.74 Å². The minimum Gasteiger partial charge on any atom is -0.364 e. The second-order valence-corrected chi connectivity index (χ2v) is 9.66. The molecule has 1 atom stereocenters. The van der Waals surface area contributed by atoms with Crippen LogP contribution in [0.15, 0.2) is 6.07 Å². The molecule has 1 aromatic carbocycles. The molecule has 1 heterocycles. The maximum Gasteiger partial charge on any atom is 0.181 e. The molecular formula is C20H32O2. The first-order valence-corrected chi connectivity index (χ1v) is 8.25. The van der Waals surface area contributed by atoms with Crippen molar-refractivity contribution >= 4 is 0 Å². The molecule has 1 aromatic rings. The van der Waals surface area contributed by atoms with Crippen molar-refractivity contribution in [3.05, 3.63) is 33.9 Å². The summed E-state index contributed by atoms with van der Waals surface area (Å²) in [7, 11) is 0. The molecule has 2 rings (SSSR count). The van der Waals surface area contributed by atoms with Crippen molar-refractivity contribution in [3.8, 4) is 0 Å². The van der Waals surface area contributed by atoms with Crippen LogP contribution in [0.4, 0.5) is 0 Å². The van der Waals surface area contributed by atoms with Gasteiger partial charge in [-0.3, -0.25) is 0 Å². The molecule has 1 aliphatic rings. The molecule has 0 aliphatic carbocycles. The van der Waals surface area contributed by atoms with Gasteiger partial charge in [-0.1, -0.05) is 62.3 Å². The highest BCUT2D eigenvalue weighted by Gasteiger charge is 2.38. The van der Waals surface area contributed by atoms with Crippen LogP contribution in [0.1, 0.15) is 96.4 Å². The van der Waals surface area contributed by atoms with E-state index in [9.17, 15) is 5.11 Å². The Bertz CT molecular complexity index is 578. The molecule has 1 unspecified atom stereocenters. The maximum atomic E-state index is 10.2. The van der Waals surface area contributed by atoms with Gasteiger partial charge in [0.15, 0.2) is 6.29 Å². The fourth-order valence-electron chi connectivity index (χ4n) is 3.57. The van der Waals surface area contributed by atoms with E-state index >= 15 is 0 Å². The number of benzene rings is 1. The van der Waals surface area contributed by atoms with Gasteiger partial charge < -0.3 is 9.84 Å². The third-order valence-corrected chi connectivity index (χ3v) is 4.43. The van der Waals surface area contributed by atoms with E-state index in [2.05, 4.69) is 68.4 Å². The van der Waals surface area contributed by atoms with Crippen LogP contribution < -0.4 is 0 Å². The first-order chi connectivity index (χ1) is 9.74. The third-order valence-electron chi connectivity index (χ3n) is 4.43. The third kappa shape index (κ3) is 2.96. The van der Waals surface area contributed by atoms with Crippen molar-refractivity contribution in [2.45, 2.75) is 91.5 Å². The second kappa shape index (κ2) is 5.07. The fraction of sp³-hybridized carbons (Fsp3) is 0.700. The van der Waals surface area contributed by atoms with Gasteiger partial charge in [0.2, 0.25) is 0 Å². The summed E-state index contributed by atoms with van der Waals surface area (Å²) >= 11 is 0. The lowest BCUT2D eigenvalue weighted by Gasteiger charge is -2.38. The SMILES string of the molecule is CC(C)(C)c1cc2c(c(C(C)(C)C)c1C(C)(C)C)COC2O. The Morgan fingerprint density at radius 2 is 1.36 bits per heavy atom. The Morgan fingerprint density at radius 3 is 1.77 bits per heavy atom. The van der Waals surface area contributed by atoms with Gasteiger partial charge in [0.05, 0.1) is 6.61 Å². The summed E-state index contributed by atoms with van der Waals surface area (Å²) in [5.41, 5.74) is 6.35. The largest absolute Gasteiger partial charge is 0.364 e. The van der Waals surface area contributed by atoms with Crippen LogP contribution in [0.2, 0.25) is 0 Å². The molecule has 1 aliphatic heterocycles. The van der Waals surface area contributed by atoms with Gasteiger partial charge >= 0.3 is 0 Å². The number of ether oxygens (including phenoxy) is 1. The average molecular weight is 304 g/mol. The van der Waals surface area contributed by atoms with Gasteiger partial charge in [-0.15, -0.1) is 0 Å². The monoisotopic (exact) mass is 304 g/mol. The van der Waals surface area contributed by atoms with Crippen LogP contribution in [0.5, 0.6) is 0 Å². The van der Waals surface area contributed by atoms with Crippen molar-refractivity contribution in [2.24, 2.45) is 0 Å². The summed E-state index contributed by atoms with van der Waals surface area (Å²) in [5, 5.41) is 10.2. The van der Waals surface area contributed by atoms with Crippen LogP contribution >= 0.6 is 0 Å². The number of fused-ring (bicyclic) bond motifs is 1. The highest BCUT2D eigenvalue weighted by molar-refractivity contribution is 5.55. The minimum absolute atomic E-state index is 0.0153. The Morgan fingerprint density at radius 1 is 0.864 bits per heavy atom. The lowest BCUT2D eigenvalue weighted by molar-refractivity contribution is -0.0919. The molecule has 2 heteroatoms. The van der Waals surface area contributed by atoms with Crippen LogP contribution in [0, 0.1) is 0 Å². The number of aliphatic hydroxyl groups is 1. The molecule has 0 radical (unpaired) electrons. The molecule has 0 saturated heterocycles. The summed E-state index contributed by atoms with van der Waals surface area (Å²) in [4.78, 5) is 0. The molecule has 0 spiro atoms. The lowest BCUT2D eigenvalue weighted by Crippen LogP contribution is -2.29. The predicted molar refractivity (Wildman–Crippen MR) is 92.3 cm³/mol. The first kappa shape index (κ1) is 17.5. The van der Waals surface area contributed by atoms with Crippen molar-refractivity contribution in [2.75, 3.05) is 0 Å². The van der Waals surface area contributed by atoms with Gasteiger partial charge in [-0.2, -0.15) is 0 Å². The zero-order valence-corrected chi connectivity index (χ0v) is 15.7. The van der Waals surface area contributed by atoms with E-state index in [-0.39, 0.29) is 16.2 Å². The quantitative estimate of drug-likeness (QED) is 0.722. The molecule has 1 N–H and O–H groups in total. The van der Waals surface area contributed by atoms with Crippen molar-refractivity contribution in [3.63, 3.8) is 0 Å².